The predicted molar refractivity (Wildman–Crippen MR) is 82.8 cm³/mol. The van der Waals surface area contributed by atoms with Crippen LogP contribution >= 0.6 is 11.3 Å². The van der Waals surface area contributed by atoms with Gasteiger partial charge in [-0.15, -0.1) is 11.3 Å². The zero-order valence-electron chi connectivity index (χ0n) is 12.7. The SMILES string of the molecule is CC(C)(CNC(=O)C1CCCN1C(=O)c1cccs1)C(=O)O. The monoisotopic (exact) mass is 324 g/mol. The third-order valence-corrected chi connectivity index (χ3v) is 4.69. The van der Waals surface area contributed by atoms with Crippen molar-refractivity contribution in [3.63, 3.8) is 0 Å². The van der Waals surface area contributed by atoms with Gasteiger partial charge in [0.1, 0.15) is 6.04 Å². The summed E-state index contributed by atoms with van der Waals surface area (Å²) in [6, 6.07) is 3.03. The summed E-state index contributed by atoms with van der Waals surface area (Å²) < 4.78 is 0. The molecule has 120 valence electrons. The van der Waals surface area contributed by atoms with Crippen molar-refractivity contribution < 1.29 is 19.5 Å². The molecule has 1 aromatic heterocycles. The average Bonchev–Trinajstić information content (AvgIpc) is 3.14. The summed E-state index contributed by atoms with van der Waals surface area (Å²) in [5, 5.41) is 13.6. The molecule has 0 saturated carbocycles. The van der Waals surface area contributed by atoms with Gasteiger partial charge in [0.25, 0.3) is 5.91 Å². The van der Waals surface area contributed by atoms with Crippen molar-refractivity contribution in [2.75, 3.05) is 13.1 Å². The van der Waals surface area contributed by atoms with Gasteiger partial charge in [-0.2, -0.15) is 0 Å². The van der Waals surface area contributed by atoms with Crippen LogP contribution in [0, 0.1) is 5.41 Å². The van der Waals surface area contributed by atoms with Crippen LogP contribution in [0.5, 0.6) is 0 Å². The third-order valence-electron chi connectivity index (χ3n) is 3.83. The lowest BCUT2D eigenvalue weighted by Crippen LogP contribution is -2.48. The van der Waals surface area contributed by atoms with Crippen molar-refractivity contribution >= 4 is 29.1 Å². The molecule has 0 aromatic carbocycles. The predicted octanol–water partition coefficient (Wildman–Crippen LogP) is 1.58. The molecule has 0 bridgehead atoms. The Labute approximate surface area is 133 Å². The van der Waals surface area contributed by atoms with E-state index in [1.54, 1.807) is 30.9 Å². The lowest BCUT2D eigenvalue weighted by molar-refractivity contribution is -0.146. The fourth-order valence-electron chi connectivity index (χ4n) is 2.33. The van der Waals surface area contributed by atoms with E-state index >= 15 is 0 Å². The number of likely N-dealkylation sites (tertiary alicyclic amines) is 1. The zero-order chi connectivity index (χ0) is 16.3. The third kappa shape index (κ3) is 3.47. The van der Waals surface area contributed by atoms with Gasteiger partial charge >= 0.3 is 5.97 Å². The molecule has 7 heteroatoms. The fourth-order valence-corrected chi connectivity index (χ4v) is 3.00. The van der Waals surface area contributed by atoms with E-state index < -0.39 is 17.4 Å². The highest BCUT2D eigenvalue weighted by Gasteiger charge is 2.36. The summed E-state index contributed by atoms with van der Waals surface area (Å²) in [6.07, 6.45) is 1.38. The van der Waals surface area contributed by atoms with Gasteiger partial charge < -0.3 is 15.3 Å². The maximum absolute atomic E-state index is 12.4. The number of rotatable bonds is 5. The van der Waals surface area contributed by atoms with Crippen LogP contribution in [-0.4, -0.2) is 46.9 Å². The Morgan fingerprint density at radius 1 is 1.45 bits per heavy atom. The second-order valence-corrected chi connectivity index (χ2v) is 6.99. The van der Waals surface area contributed by atoms with Crippen molar-refractivity contribution in [2.45, 2.75) is 32.7 Å². The second-order valence-electron chi connectivity index (χ2n) is 6.04. The Bertz CT molecular complexity index is 568. The average molecular weight is 324 g/mol. The van der Waals surface area contributed by atoms with E-state index in [4.69, 9.17) is 5.11 Å². The number of hydrogen-bond donors (Lipinski definition) is 2. The standard InChI is InChI=1S/C15H20N2O4S/c1-15(2,14(20)21)9-16-12(18)10-5-3-7-17(10)13(19)11-6-4-8-22-11/h4,6,8,10H,3,5,7,9H2,1-2H3,(H,16,18)(H,20,21). The van der Waals surface area contributed by atoms with Crippen LogP contribution in [0.3, 0.4) is 0 Å². The molecule has 1 atom stereocenters. The van der Waals surface area contributed by atoms with Crippen LogP contribution < -0.4 is 5.32 Å². The quantitative estimate of drug-likeness (QED) is 0.861. The number of amides is 2. The summed E-state index contributed by atoms with van der Waals surface area (Å²) in [5.74, 6) is -1.38. The number of carboxylic acids is 1. The number of carbonyl (C=O) groups is 3. The van der Waals surface area contributed by atoms with E-state index in [2.05, 4.69) is 5.32 Å². The molecular formula is C15H20N2O4S. The van der Waals surface area contributed by atoms with Crippen molar-refractivity contribution in [3.05, 3.63) is 22.4 Å². The van der Waals surface area contributed by atoms with Crippen molar-refractivity contribution in [2.24, 2.45) is 5.41 Å². The summed E-state index contributed by atoms with van der Waals surface area (Å²) in [6.45, 7) is 3.70. The first-order chi connectivity index (χ1) is 10.3. The van der Waals surface area contributed by atoms with E-state index in [9.17, 15) is 14.4 Å². The first-order valence-corrected chi connectivity index (χ1v) is 8.06. The molecule has 0 aliphatic carbocycles. The molecule has 6 nitrogen and oxygen atoms in total. The van der Waals surface area contributed by atoms with E-state index in [-0.39, 0.29) is 18.4 Å². The number of carbonyl (C=O) groups excluding carboxylic acids is 2. The van der Waals surface area contributed by atoms with Crippen LogP contribution in [0.2, 0.25) is 0 Å². The molecule has 22 heavy (non-hydrogen) atoms. The molecule has 0 spiro atoms. The molecule has 2 heterocycles. The van der Waals surface area contributed by atoms with Gasteiger partial charge in [-0.1, -0.05) is 6.07 Å². The van der Waals surface area contributed by atoms with Crippen molar-refractivity contribution in [3.8, 4) is 0 Å². The number of nitrogens with one attached hydrogen (secondary N) is 1. The zero-order valence-corrected chi connectivity index (χ0v) is 13.5. The number of nitrogens with zero attached hydrogens (tertiary/aromatic N) is 1. The highest BCUT2D eigenvalue weighted by Crippen LogP contribution is 2.22. The number of aliphatic carboxylic acids is 1. The maximum Gasteiger partial charge on any atom is 0.310 e. The molecule has 2 amide bonds. The Hall–Kier alpha value is -1.89. The fraction of sp³-hybridized carbons (Fsp3) is 0.533. The topological polar surface area (TPSA) is 86.7 Å². The molecule has 1 unspecified atom stereocenters. The Kier molecular flexibility index (Phi) is 4.85. The number of hydrogen-bond acceptors (Lipinski definition) is 4. The number of carboxylic acid groups (broad SMARTS) is 1. The van der Waals surface area contributed by atoms with Crippen LogP contribution in [0.4, 0.5) is 0 Å². The van der Waals surface area contributed by atoms with Crippen LogP contribution in [0.25, 0.3) is 0 Å². The summed E-state index contributed by atoms with van der Waals surface area (Å²) >= 11 is 1.35. The van der Waals surface area contributed by atoms with Crippen LogP contribution in [-0.2, 0) is 9.59 Å². The van der Waals surface area contributed by atoms with Gasteiger partial charge in [0.15, 0.2) is 0 Å². The normalized spacial score (nSPS) is 18.3. The van der Waals surface area contributed by atoms with E-state index in [1.165, 1.54) is 11.3 Å². The molecular weight excluding hydrogens is 304 g/mol. The summed E-state index contributed by atoms with van der Waals surface area (Å²) in [4.78, 5) is 38.0. The molecule has 2 N–H and O–H groups in total. The first kappa shape index (κ1) is 16.5. The maximum atomic E-state index is 12.4. The molecule has 0 radical (unpaired) electrons. The first-order valence-electron chi connectivity index (χ1n) is 7.18. The van der Waals surface area contributed by atoms with Gasteiger partial charge in [0.2, 0.25) is 5.91 Å². The van der Waals surface area contributed by atoms with Gasteiger partial charge in [-0.05, 0) is 38.1 Å². The van der Waals surface area contributed by atoms with Gasteiger partial charge in [-0.25, -0.2) is 0 Å². The smallest absolute Gasteiger partial charge is 0.310 e. The highest BCUT2D eigenvalue weighted by molar-refractivity contribution is 7.12. The highest BCUT2D eigenvalue weighted by atomic mass is 32.1. The minimum Gasteiger partial charge on any atom is -0.481 e. The summed E-state index contributed by atoms with van der Waals surface area (Å²) in [7, 11) is 0. The summed E-state index contributed by atoms with van der Waals surface area (Å²) in [5.41, 5.74) is -1.03. The molecule has 1 saturated heterocycles. The van der Waals surface area contributed by atoms with E-state index in [1.807, 2.05) is 5.38 Å². The molecule has 1 fully saturated rings. The second kappa shape index (κ2) is 6.48. The van der Waals surface area contributed by atoms with Crippen molar-refractivity contribution in [1.29, 1.82) is 0 Å². The largest absolute Gasteiger partial charge is 0.481 e. The van der Waals surface area contributed by atoms with E-state index in [0.29, 0.717) is 17.8 Å². The molecule has 2 rings (SSSR count). The van der Waals surface area contributed by atoms with E-state index in [0.717, 1.165) is 6.42 Å². The van der Waals surface area contributed by atoms with Gasteiger partial charge in [-0.3, -0.25) is 14.4 Å². The minimum atomic E-state index is -1.03. The molecule has 1 aliphatic heterocycles. The lowest BCUT2D eigenvalue weighted by atomic mass is 9.94. The van der Waals surface area contributed by atoms with Crippen LogP contribution in [0.15, 0.2) is 17.5 Å². The van der Waals surface area contributed by atoms with Gasteiger partial charge in [0, 0.05) is 13.1 Å². The number of thiophene rings is 1. The minimum absolute atomic E-state index is 0.0404. The van der Waals surface area contributed by atoms with Gasteiger partial charge in [0.05, 0.1) is 10.3 Å². The Morgan fingerprint density at radius 2 is 2.18 bits per heavy atom. The molecule has 1 aliphatic rings. The lowest BCUT2D eigenvalue weighted by Gasteiger charge is -2.25. The molecule has 1 aromatic rings. The van der Waals surface area contributed by atoms with Crippen molar-refractivity contribution in [1.82, 2.24) is 10.2 Å². The Morgan fingerprint density at radius 3 is 2.77 bits per heavy atom. The van der Waals surface area contributed by atoms with Crippen LogP contribution in [0.1, 0.15) is 36.4 Å². The Balaban J connectivity index is 2.00.